The highest BCUT2D eigenvalue weighted by molar-refractivity contribution is 6.53. The fourth-order valence-corrected chi connectivity index (χ4v) is 5.22. The lowest BCUT2D eigenvalue weighted by molar-refractivity contribution is -0.117. The Morgan fingerprint density at radius 1 is 0.969 bits per heavy atom. The second-order valence-corrected chi connectivity index (χ2v) is 10.2. The van der Waals surface area contributed by atoms with Crippen molar-refractivity contribution in [3.8, 4) is 0 Å². The van der Waals surface area contributed by atoms with Crippen LogP contribution in [0.25, 0.3) is 0 Å². The Morgan fingerprint density at radius 3 is 2.34 bits per heavy atom. The topological polar surface area (TPSA) is 59.1 Å². The molecule has 1 N–H and O–H groups in total. The third-order valence-electron chi connectivity index (χ3n) is 5.18. The maximum absolute atomic E-state index is 12.9. The highest BCUT2D eigenvalue weighted by atomic mass is 35.5. The number of carbonyl (C=O) groups is 2. The molecule has 32 heavy (non-hydrogen) atoms. The van der Waals surface area contributed by atoms with Crippen molar-refractivity contribution in [3.05, 3.63) is 92.7 Å². The summed E-state index contributed by atoms with van der Waals surface area (Å²) in [5.41, 5.74) is 1.99. The van der Waals surface area contributed by atoms with Crippen LogP contribution in [-0.2, 0) is 11.2 Å². The summed E-state index contributed by atoms with van der Waals surface area (Å²) in [6, 6.07) is 15.0. The van der Waals surface area contributed by atoms with Crippen LogP contribution in [0.3, 0.4) is 0 Å². The molecule has 0 bridgehead atoms. The molecule has 1 aromatic heterocycles. The van der Waals surface area contributed by atoms with E-state index in [0.717, 1.165) is 0 Å². The van der Waals surface area contributed by atoms with Gasteiger partial charge in [0, 0.05) is 39.1 Å². The SMILES string of the molecule is O=C(Cc1ccccn1)c1cc(NC(=O)C2C(c3cc(Cl)cc(Cl)c3)C2(Cl)Cl)ccc1Cl. The highest BCUT2D eigenvalue weighted by Crippen LogP contribution is 2.65. The van der Waals surface area contributed by atoms with E-state index in [1.165, 1.54) is 6.07 Å². The van der Waals surface area contributed by atoms with Crippen molar-refractivity contribution in [1.82, 2.24) is 4.98 Å². The minimum Gasteiger partial charge on any atom is -0.326 e. The number of benzene rings is 2. The van der Waals surface area contributed by atoms with Gasteiger partial charge in [0.15, 0.2) is 5.78 Å². The zero-order valence-corrected chi connectivity index (χ0v) is 20.1. The van der Waals surface area contributed by atoms with Crippen LogP contribution in [-0.4, -0.2) is 21.0 Å². The molecule has 2 aromatic carbocycles. The van der Waals surface area contributed by atoms with Crippen LogP contribution >= 0.6 is 58.0 Å². The Kier molecular flexibility index (Phi) is 6.71. The summed E-state index contributed by atoms with van der Waals surface area (Å²) in [7, 11) is 0. The van der Waals surface area contributed by atoms with Crippen molar-refractivity contribution in [2.45, 2.75) is 16.7 Å². The van der Waals surface area contributed by atoms with Gasteiger partial charge in [-0.1, -0.05) is 40.9 Å². The molecule has 9 heteroatoms. The molecular weight excluding hydrogens is 514 g/mol. The lowest BCUT2D eigenvalue weighted by atomic mass is 10.1. The van der Waals surface area contributed by atoms with Gasteiger partial charge in [0.1, 0.15) is 4.33 Å². The molecule has 0 spiro atoms. The number of Topliss-reactive ketones (excluding diaryl/α,β-unsaturated/α-hetero) is 1. The summed E-state index contributed by atoms with van der Waals surface area (Å²) in [5.74, 6) is -1.79. The number of amides is 1. The van der Waals surface area contributed by atoms with Crippen LogP contribution in [0, 0.1) is 5.92 Å². The van der Waals surface area contributed by atoms with Gasteiger partial charge in [-0.05, 0) is 54.1 Å². The summed E-state index contributed by atoms with van der Waals surface area (Å²) in [4.78, 5) is 29.8. The summed E-state index contributed by atoms with van der Waals surface area (Å²) in [6.07, 6.45) is 1.70. The Hall–Kier alpha value is -1.82. The lowest BCUT2D eigenvalue weighted by Gasteiger charge is -2.09. The molecule has 4 nitrogen and oxygen atoms in total. The lowest BCUT2D eigenvalue weighted by Crippen LogP contribution is -2.17. The fourth-order valence-electron chi connectivity index (χ4n) is 3.62. The van der Waals surface area contributed by atoms with Crippen LogP contribution in [0.1, 0.15) is 27.5 Å². The maximum Gasteiger partial charge on any atom is 0.231 e. The summed E-state index contributed by atoms with van der Waals surface area (Å²) < 4.78 is -1.30. The molecule has 0 saturated heterocycles. The molecule has 4 rings (SSSR count). The molecule has 2 unspecified atom stereocenters. The van der Waals surface area contributed by atoms with Crippen LogP contribution in [0.15, 0.2) is 60.8 Å². The van der Waals surface area contributed by atoms with Crippen molar-refractivity contribution in [3.63, 3.8) is 0 Å². The first-order valence-electron chi connectivity index (χ1n) is 9.54. The van der Waals surface area contributed by atoms with Gasteiger partial charge >= 0.3 is 0 Å². The van der Waals surface area contributed by atoms with Crippen molar-refractivity contribution >= 4 is 75.4 Å². The van der Waals surface area contributed by atoms with E-state index >= 15 is 0 Å². The first-order chi connectivity index (χ1) is 15.2. The van der Waals surface area contributed by atoms with E-state index < -0.39 is 16.2 Å². The van der Waals surface area contributed by atoms with Crippen molar-refractivity contribution in [1.29, 1.82) is 0 Å². The number of anilines is 1. The van der Waals surface area contributed by atoms with Crippen LogP contribution in [0.5, 0.6) is 0 Å². The average molecular weight is 529 g/mol. The fraction of sp³-hybridized carbons (Fsp3) is 0.174. The molecule has 1 aliphatic rings. The van der Waals surface area contributed by atoms with Gasteiger partial charge in [-0.3, -0.25) is 14.6 Å². The third kappa shape index (κ3) is 4.90. The summed E-state index contributed by atoms with van der Waals surface area (Å²) in [6.45, 7) is 0. The molecule has 2 atom stereocenters. The number of nitrogens with one attached hydrogen (secondary N) is 1. The molecule has 1 heterocycles. The summed E-state index contributed by atoms with van der Waals surface area (Å²) >= 11 is 31.2. The minimum absolute atomic E-state index is 0.0880. The molecule has 1 saturated carbocycles. The van der Waals surface area contributed by atoms with Gasteiger partial charge in [0.2, 0.25) is 5.91 Å². The van der Waals surface area contributed by atoms with Crippen molar-refractivity contribution in [2.75, 3.05) is 5.32 Å². The number of carbonyl (C=O) groups excluding carboxylic acids is 2. The van der Waals surface area contributed by atoms with Crippen molar-refractivity contribution < 1.29 is 9.59 Å². The Balaban J connectivity index is 1.51. The monoisotopic (exact) mass is 526 g/mol. The zero-order valence-electron chi connectivity index (χ0n) is 16.3. The molecular formula is C23H15Cl5N2O2. The van der Waals surface area contributed by atoms with E-state index in [1.54, 1.807) is 54.7 Å². The molecule has 1 amide bonds. The van der Waals surface area contributed by atoms with Crippen LogP contribution in [0.2, 0.25) is 15.1 Å². The van der Waals surface area contributed by atoms with E-state index in [9.17, 15) is 9.59 Å². The standard InChI is InChI=1S/C23H15Cl5N2O2/c24-13-7-12(8-14(25)9-13)20-21(23(20,27)28)22(32)30-16-4-5-18(26)17(10-16)19(31)11-15-3-1-2-6-29-15/h1-10,20-21H,11H2,(H,30,32). The third-order valence-corrected chi connectivity index (χ3v) is 6.89. The number of alkyl halides is 2. The van der Waals surface area contributed by atoms with E-state index in [1.807, 2.05) is 0 Å². The first kappa shape index (κ1) is 23.3. The van der Waals surface area contributed by atoms with E-state index in [0.29, 0.717) is 27.0 Å². The van der Waals surface area contributed by atoms with Gasteiger partial charge in [0.25, 0.3) is 0 Å². The maximum atomic E-state index is 12.9. The van der Waals surface area contributed by atoms with Gasteiger partial charge in [0.05, 0.1) is 17.4 Å². The number of hydrogen-bond acceptors (Lipinski definition) is 3. The molecule has 1 fully saturated rings. The normalized spacial score (nSPS) is 18.8. The second kappa shape index (κ2) is 9.20. The van der Waals surface area contributed by atoms with E-state index in [-0.39, 0.29) is 28.7 Å². The van der Waals surface area contributed by atoms with Crippen molar-refractivity contribution in [2.24, 2.45) is 5.92 Å². The van der Waals surface area contributed by atoms with Crippen LogP contribution in [0.4, 0.5) is 5.69 Å². The molecule has 0 aliphatic heterocycles. The number of hydrogen-bond donors (Lipinski definition) is 1. The zero-order chi connectivity index (χ0) is 23.0. The van der Waals surface area contributed by atoms with Gasteiger partial charge in [-0.15, -0.1) is 23.2 Å². The van der Waals surface area contributed by atoms with Crippen LogP contribution < -0.4 is 5.32 Å². The Labute approximate surface area is 209 Å². The Morgan fingerprint density at radius 2 is 1.69 bits per heavy atom. The predicted octanol–water partition coefficient (Wildman–Crippen LogP) is 6.99. The summed E-state index contributed by atoms with van der Waals surface area (Å²) in [5, 5.41) is 3.91. The quantitative estimate of drug-likeness (QED) is 0.277. The number of halogens is 5. The van der Waals surface area contributed by atoms with Gasteiger partial charge < -0.3 is 5.32 Å². The van der Waals surface area contributed by atoms with E-state index in [4.69, 9.17) is 58.0 Å². The first-order valence-corrected chi connectivity index (χ1v) is 11.4. The molecule has 1 aliphatic carbocycles. The second-order valence-electron chi connectivity index (χ2n) is 7.44. The minimum atomic E-state index is -1.30. The molecule has 0 radical (unpaired) electrons. The molecule has 164 valence electrons. The number of rotatable bonds is 6. The average Bonchev–Trinajstić information content (AvgIpc) is 3.31. The smallest absolute Gasteiger partial charge is 0.231 e. The highest BCUT2D eigenvalue weighted by Gasteiger charge is 2.67. The number of pyridine rings is 1. The van der Waals surface area contributed by atoms with Gasteiger partial charge in [-0.2, -0.15) is 0 Å². The number of aromatic nitrogens is 1. The molecule has 3 aromatic rings. The number of nitrogens with zero attached hydrogens (tertiary/aromatic N) is 1. The van der Waals surface area contributed by atoms with Gasteiger partial charge in [-0.25, -0.2) is 0 Å². The Bertz CT molecular complexity index is 1180. The number of ketones is 1. The predicted molar refractivity (Wildman–Crippen MR) is 129 cm³/mol. The van der Waals surface area contributed by atoms with E-state index in [2.05, 4.69) is 10.3 Å². The largest absolute Gasteiger partial charge is 0.326 e.